The summed E-state index contributed by atoms with van der Waals surface area (Å²) < 4.78 is 33.9. The highest BCUT2D eigenvalue weighted by atomic mass is 35.5. The van der Waals surface area contributed by atoms with Gasteiger partial charge in [-0.1, -0.05) is 0 Å². The fourth-order valence-electron chi connectivity index (χ4n) is 3.07. The lowest BCUT2D eigenvalue weighted by molar-refractivity contribution is -0.141. The first-order valence-corrected chi connectivity index (χ1v) is 7.74. The number of nitrogens with one attached hydrogen (secondary N) is 1. The van der Waals surface area contributed by atoms with Gasteiger partial charge < -0.3 is 9.64 Å². The second-order valence-electron chi connectivity index (χ2n) is 6.16. The van der Waals surface area contributed by atoms with Crippen molar-refractivity contribution < 1.29 is 18.3 Å². The molecule has 11 heteroatoms. The van der Waals surface area contributed by atoms with Gasteiger partial charge in [0.2, 0.25) is 5.91 Å². The van der Waals surface area contributed by atoms with E-state index in [2.05, 4.69) is 15.4 Å². The van der Waals surface area contributed by atoms with Gasteiger partial charge in [-0.25, -0.2) is 18.4 Å². The average molecular weight is 402 g/mol. The maximum atomic E-state index is 13.3. The van der Waals surface area contributed by atoms with Gasteiger partial charge in [0.25, 0.3) is 5.92 Å². The monoisotopic (exact) mass is 401 g/mol. The predicted molar refractivity (Wildman–Crippen MR) is 91.7 cm³/mol. The molecule has 0 bridgehead atoms. The Labute approximate surface area is 157 Å². The van der Waals surface area contributed by atoms with E-state index in [4.69, 9.17) is 4.74 Å². The number of morpholine rings is 1. The highest BCUT2D eigenvalue weighted by molar-refractivity contribution is 5.85. The first-order chi connectivity index (χ1) is 10.8. The summed E-state index contributed by atoms with van der Waals surface area (Å²) in [5.41, 5.74) is 0. The normalized spacial score (nSPS) is 25.2. The lowest BCUT2D eigenvalue weighted by Gasteiger charge is -2.34. The molecule has 2 saturated heterocycles. The van der Waals surface area contributed by atoms with E-state index < -0.39 is 24.9 Å². The van der Waals surface area contributed by atoms with Crippen molar-refractivity contribution in [3.8, 4) is 0 Å². The van der Waals surface area contributed by atoms with Crippen molar-refractivity contribution in [3.63, 3.8) is 0 Å². The summed E-state index contributed by atoms with van der Waals surface area (Å²) in [5, 5.41) is 6.89. The van der Waals surface area contributed by atoms with Crippen molar-refractivity contribution in [1.82, 2.24) is 25.0 Å². The van der Waals surface area contributed by atoms with E-state index in [9.17, 15) is 13.6 Å². The van der Waals surface area contributed by atoms with E-state index in [0.29, 0.717) is 32.1 Å². The van der Waals surface area contributed by atoms with Crippen LogP contribution in [0.15, 0.2) is 0 Å². The Morgan fingerprint density at radius 2 is 2.12 bits per heavy atom. The van der Waals surface area contributed by atoms with E-state index in [1.165, 1.54) is 0 Å². The van der Waals surface area contributed by atoms with Crippen LogP contribution in [-0.2, 0) is 16.1 Å². The lowest BCUT2D eigenvalue weighted by Crippen LogP contribution is -2.52. The Balaban J connectivity index is 0.00000156. The van der Waals surface area contributed by atoms with Gasteiger partial charge in [-0.15, -0.1) is 24.8 Å². The molecule has 2 aliphatic rings. The summed E-state index contributed by atoms with van der Waals surface area (Å²) in [7, 11) is 0. The Kier molecular flexibility index (Phi) is 7.54. The molecule has 25 heavy (non-hydrogen) atoms. The topological polar surface area (TPSA) is 72.3 Å². The number of carbonyl (C=O) groups excluding carboxylic acids is 1. The third-order valence-electron chi connectivity index (χ3n) is 4.20. The SMILES string of the molecule is Cc1nc(C)n(CC2CN(C(=O)C3CC(F)(F)CN3)CCO2)n1.Cl.Cl. The number of hydrogen-bond donors (Lipinski definition) is 1. The van der Waals surface area contributed by atoms with Crippen molar-refractivity contribution >= 4 is 30.7 Å². The van der Waals surface area contributed by atoms with E-state index >= 15 is 0 Å². The zero-order valence-corrected chi connectivity index (χ0v) is 15.7. The van der Waals surface area contributed by atoms with Crippen LogP contribution in [0.2, 0.25) is 0 Å². The molecule has 1 amide bonds. The molecule has 1 aromatic heterocycles. The average Bonchev–Trinajstić information content (AvgIpc) is 3.00. The number of hydrogen-bond acceptors (Lipinski definition) is 5. The molecule has 0 saturated carbocycles. The molecule has 144 valence electrons. The number of halogens is 4. The summed E-state index contributed by atoms with van der Waals surface area (Å²) in [5.74, 6) is -1.61. The number of alkyl halides is 2. The van der Waals surface area contributed by atoms with Crippen LogP contribution in [-0.4, -0.2) is 69.9 Å². The molecular formula is C14H23Cl2F2N5O2. The standard InChI is InChI=1S/C14H21F2N5O2.2ClH/c1-9-18-10(2)21(19-9)7-11-6-20(3-4-23-11)13(22)12-5-14(15,16)8-17-12;;/h11-12,17H,3-8H2,1-2H3;2*1H. The van der Waals surface area contributed by atoms with E-state index in [-0.39, 0.29) is 36.8 Å². The summed E-state index contributed by atoms with van der Waals surface area (Å²) in [6.07, 6.45) is -0.649. The molecule has 0 aliphatic carbocycles. The molecule has 2 aliphatic heterocycles. The number of carbonyl (C=O) groups is 1. The van der Waals surface area contributed by atoms with Crippen LogP contribution in [0.25, 0.3) is 0 Å². The molecule has 0 spiro atoms. The fraction of sp³-hybridized carbons (Fsp3) is 0.786. The minimum absolute atomic E-state index is 0. The number of aromatic nitrogens is 3. The molecule has 7 nitrogen and oxygen atoms in total. The molecule has 0 aromatic carbocycles. The summed E-state index contributed by atoms with van der Waals surface area (Å²) in [6.45, 7) is 4.92. The van der Waals surface area contributed by atoms with Crippen molar-refractivity contribution in [2.24, 2.45) is 0 Å². The Morgan fingerprint density at radius 1 is 1.40 bits per heavy atom. The highest BCUT2D eigenvalue weighted by Crippen LogP contribution is 2.26. The maximum absolute atomic E-state index is 13.3. The Morgan fingerprint density at radius 3 is 2.68 bits per heavy atom. The first kappa shape index (κ1) is 22.0. The predicted octanol–water partition coefficient (Wildman–Crippen LogP) is 0.963. The molecule has 3 heterocycles. The lowest BCUT2D eigenvalue weighted by atomic mass is 10.1. The van der Waals surface area contributed by atoms with Crippen LogP contribution in [0.3, 0.4) is 0 Å². The molecule has 2 fully saturated rings. The second-order valence-corrected chi connectivity index (χ2v) is 6.16. The number of rotatable bonds is 3. The van der Waals surface area contributed by atoms with Gasteiger partial charge in [-0.05, 0) is 13.8 Å². The van der Waals surface area contributed by atoms with E-state index in [1.807, 2.05) is 13.8 Å². The Bertz CT molecular complexity index is 602. The number of ether oxygens (including phenoxy) is 1. The molecule has 1 aromatic rings. The van der Waals surface area contributed by atoms with Crippen molar-refractivity contribution in [2.75, 3.05) is 26.2 Å². The minimum Gasteiger partial charge on any atom is -0.373 e. The molecule has 1 N–H and O–H groups in total. The van der Waals surface area contributed by atoms with Crippen LogP contribution < -0.4 is 5.32 Å². The van der Waals surface area contributed by atoms with Crippen LogP contribution >= 0.6 is 24.8 Å². The first-order valence-electron chi connectivity index (χ1n) is 7.74. The fourth-order valence-corrected chi connectivity index (χ4v) is 3.07. The molecule has 3 rings (SSSR count). The smallest absolute Gasteiger partial charge is 0.262 e. The second kappa shape index (κ2) is 8.57. The maximum Gasteiger partial charge on any atom is 0.262 e. The quantitative estimate of drug-likeness (QED) is 0.816. The van der Waals surface area contributed by atoms with Gasteiger partial charge in [0.1, 0.15) is 11.6 Å². The van der Waals surface area contributed by atoms with Gasteiger partial charge in [-0.2, -0.15) is 5.10 Å². The third kappa shape index (κ3) is 5.22. The number of amides is 1. The molecule has 2 unspecified atom stereocenters. The van der Waals surface area contributed by atoms with Crippen molar-refractivity contribution in [1.29, 1.82) is 0 Å². The summed E-state index contributed by atoms with van der Waals surface area (Å²) in [4.78, 5) is 18.2. The van der Waals surface area contributed by atoms with E-state index in [1.54, 1.807) is 9.58 Å². The van der Waals surface area contributed by atoms with Gasteiger partial charge in [-0.3, -0.25) is 10.1 Å². The highest BCUT2D eigenvalue weighted by Gasteiger charge is 2.44. The van der Waals surface area contributed by atoms with Crippen molar-refractivity contribution in [2.45, 2.75) is 44.9 Å². The molecule has 0 radical (unpaired) electrons. The van der Waals surface area contributed by atoms with Gasteiger partial charge in [0.05, 0.1) is 31.8 Å². The van der Waals surface area contributed by atoms with Gasteiger partial charge >= 0.3 is 0 Å². The number of nitrogens with zero attached hydrogens (tertiary/aromatic N) is 4. The van der Waals surface area contributed by atoms with Crippen LogP contribution in [0, 0.1) is 13.8 Å². The zero-order valence-electron chi connectivity index (χ0n) is 14.1. The largest absolute Gasteiger partial charge is 0.373 e. The van der Waals surface area contributed by atoms with E-state index in [0.717, 1.165) is 5.82 Å². The zero-order chi connectivity index (χ0) is 16.6. The number of aryl methyl sites for hydroxylation is 2. The molecule has 2 atom stereocenters. The van der Waals surface area contributed by atoms with Crippen LogP contribution in [0.5, 0.6) is 0 Å². The Hall–Kier alpha value is -1.03. The van der Waals surface area contributed by atoms with Gasteiger partial charge in [0.15, 0.2) is 0 Å². The summed E-state index contributed by atoms with van der Waals surface area (Å²) >= 11 is 0. The minimum atomic E-state index is -2.80. The van der Waals surface area contributed by atoms with Crippen LogP contribution in [0.4, 0.5) is 8.78 Å². The van der Waals surface area contributed by atoms with Gasteiger partial charge in [0, 0.05) is 19.5 Å². The third-order valence-corrected chi connectivity index (χ3v) is 4.20. The summed E-state index contributed by atoms with van der Waals surface area (Å²) in [6, 6.07) is -0.806. The van der Waals surface area contributed by atoms with Crippen LogP contribution in [0.1, 0.15) is 18.1 Å². The molecular weight excluding hydrogens is 379 g/mol. The van der Waals surface area contributed by atoms with Crippen molar-refractivity contribution in [3.05, 3.63) is 11.6 Å².